The Labute approximate surface area is 165 Å². The van der Waals surface area contributed by atoms with Crippen molar-refractivity contribution >= 4 is 41.3 Å². The van der Waals surface area contributed by atoms with Gasteiger partial charge in [0.15, 0.2) is 5.96 Å². The average molecular weight is 462 g/mol. The summed E-state index contributed by atoms with van der Waals surface area (Å²) in [4.78, 5) is 9.10. The predicted molar refractivity (Wildman–Crippen MR) is 111 cm³/mol. The largest absolute Gasteiger partial charge is 0.357 e. The lowest BCUT2D eigenvalue weighted by Gasteiger charge is -2.10. The van der Waals surface area contributed by atoms with Crippen molar-refractivity contribution in [2.75, 3.05) is 19.6 Å². The monoisotopic (exact) mass is 462 g/mol. The van der Waals surface area contributed by atoms with E-state index in [4.69, 9.17) is 0 Å². The maximum absolute atomic E-state index is 4.62. The van der Waals surface area contributed by atoms with E-state index in [1.807, 2.05) is 24.9 Å². The van der Waals surface area contributed by atoms with Crippen molar-refractivity contribution in [1.82, 2.24) is 25.4 Å². The Balaban J connectivity index is 0.00000288. The van der Waals surface area contributed by atoms with Crippen LogP contribution >= 0.6 is 35.3 Å². The molecule has 2 N–H and O–H groups in total. The third-order valence-corrected chi connectivity index (χ3v) is 4.16. The minimum atomic E-state index is 0. The summed E-state index contributed by atoms with van der Waals surface area (Å²) in [7, 11) is 1.94. The van der Waals surface area contributed by atoms with Crippen LogP contribution in [-0.4, -0.2) is 40.4 Å². The van der Waals surface area contributed by atoms with E-state index in [-0.39, 0.29) is 24.0 Å². The molecule has 2 heterocycles. The van der Waals surface area contributed by atoms with Gasteiger partial charge in [0, 0.05) is 44.7 Å². The highest BCUT2D eigenvalue weighted by atomic mass is 127. The van der Waals surface area contributed by atoms with Crippen LogP contribution in [0.4, 0.5) is 0 Å². The molecular formula is C16H27IN6S. The van der Waals surface area contributed by atoms with Gasteiger partial charge in [0.05, 0.1) is 16.9 Å². The molecule has 0 aliphatic heterocycles. The third-order valence-electron chi connectivity index (χ3n) is 3.34. The van der Waals surface area contributed by atoms with E-state index in [0.29, 0.717) is 0 Å². The van der Waals surface area contributed by atoms with Crippen LogP contribution in [0.5, 0.6) is 0 Å². The quantitative estimate of drug-likeness (QED) is 0.274. The van der Waals surface area contributed by atoms with E-state index < -0.39 is 0 Å². The second kappa shape index (κ2) is 11.4. The number of guanidine groups is 1. The topological polar surface area (TPSA) is 67.1 Å². The first kappa shape index (κ1) is 20.9. The van der Waals surface area contributed by atoms with Crippen molar-refractivity contribution in [3.63, 3.8) is 0 Å². The lowest BCUT2D eigenvalue weighted by Crippen LogP contribution is -2.38. The molecule has 0 unspecified atom stereocenters. The lowest BCUT2D eigenvalue weighted by atomic mass is 10.2. The van der Waals surface area contributed by atoms with E-state index in [1.165, 1.54) is 5.56 Å². The first-order valence-electron chi connectivity index (χ1n) is 8.08. The summed E-state index contributed by atoms with van der Waals surface area (Å²) < 4.78 is 1.84. The molecule has 0 saturated heterocycles. The van der Waals surface area contributed by atoms with Crippen LogP contribution in [-0.2, 0) is 19.9 Å². The van der Waals surface area contributed by atoms with Crippen molar-refractivity contribution in [3.8, 4) is 0 Å². The summed E-state index contributed by atoms with van der Waals surface area (Å²) in [6, 6.07) is 0. The molecule has 2 rings (SSSR count). The maximum Gasteiger partial charge on any atom is 0.191 e. The molecule has 0 aromatic carbocycles. The number of thiazole rings is 1. The molecule has 0 saturated carbocycles. The van der Waals surface area contributed by atoms with Crippen LogP contribution < -0.4 is 10.6 Å². The van der Waals surface area contributed by atoms with E-state index in [9.17, 15) is 0 Å². The number of halogens is 1. The summed E-state index contributed by atoms with van der Waals surface area (Å²) >= 11 is 1.70. The summed E-state index contributed by atoms with van der Waals surface area (Å²) in [5.41, 5.74) is 2.41. The highest BCUT2D eigenvalue weighted by Gasteiger charge is 2.01. The van der Waals surface area contributed by atoms with Crippen molar-refractivity contribution in [2.45, 2.75) is 33.1 Å². The Morgan fingerprint density at radius 1 is 1.33 bits per heavy atom. The van der Waals surface area contributed by atoms with Gasteiger partial charge in [0.25, 0.3) is 0 Å². The Hall–Kier alpha value is -1.16. The summed E-state index contributed by atoms with van der Waals surface area (Å²) in [5, 5.41) is 14.1. The highest BCUT2D eigenvalue weighted by molar-refractivity contribution is 14.0. The fourth-order valence-corrected chi connectivity index (χ4v) is 2.90. The zero-order valence-corrected chi connectivity index (χ0v) is 17.7. The van der Waals surface area contributed by atoms with Gasteiger partial charge in [0.1, 0.15) is 0 Å². The number of aromatic nitrogens is 3. The van der Waals surface area contributed by atoms with Crippen LogP contribution in [0.2, 0.25) is 0 Å². The van der Waals surface area contributed by atoms with E-state index >= 15 is 0 Å². The minimum Gasteiger partial charge on any atom is -0.357 e. The van der Waals surface area contributed by atoms with Gasteiger partial charge in [-0.25, -0.2) is 4.98 Å². The molecule has 0 atom stereocenters. The molecule has 0 fully saturated rings. The lowest BCUT2D eigenvalue weighted by molar-refractivity contribution is 0.762. The van der Waals surface area contributed by atoms with Crippen molar-refractivity contribution < 1.29 is 0 Å². The van der Waals surface area contributed by atoms with E-state index in [0.717, 1.165) is 55.6 Å². The second-order valence-electron chi connectivity index (χ2n) is 5.42. The van der Waals surface area contributed by atoms with Crippen LogP contribution in [0.3, 0.4) is 0 Å². The molecule has 0 radical (unpaired) electrons. The summed E-state index contributed by atoms with van der Waals surface area (Å²) in [6.45, 7) is 6.63. The number of rotatable bonds is 8. The number of nitrogens with zero attached hydrogens (tertiary/aromatic N) is 4. The van der Waals surface area contributed by atoms with Crippen LogP contribution in [0.15, 0.2) is 22.8 Å². The second-order valence-corrected chi connectivity index (χ2v) is 6.48. The molecule has 24 heavy (non-hydrogen) atoms. The Bertz CT molecular complexity index is 622. The normalized spacial score (nSPS) is 11.2. The molecule has 2 aromatic rings. The zero-order valence-electron chi connectivity index (χ0n) is 14.6. The Morgan fingerprint density at radius 2 is 2.17 bits per heavy atom. The van der Waals surface area contributed by atoms with Gasteiger partial charge in [0.2, 0.25) is 0 Å². The molecule has 0 amide bonds. The maximum atomic E-state index is 4.62. The number of aryl methyl sites for hydroxylation is 3. The van der Waals surface area contributed by atoms with Gasteiger partial charge in [-0.3, -0.25) is 9.67 Å². The molecule has 0 aliphatic carbocycles. The van der Waals surface area contributed by atoms with Gasteiger partial charge < -0.3 is 10.6 Å². The van der Waals surface area contributed by atoms with Crippen molar-refractivity contribution in [2.24, 2.45) is 12.0 Å². The molecular weight excluding hydrogens is 435 g/mol. The molecule has 134 valence electrons. The minimum absolute atomic E-state index is 0. The van der Waals surface area contributed by atoms with Crippen molar-refractivity contribution in [3.05, 3.63) is 34.0 Å². The Morgan fingerprint density at radius 3 is 2.79 bits per heavy atom. The molecule has 8 heteroatoms. The fraction of sp³-hybridized carbons (Fsp3) is 0.562. The third kappa shape index (κ3) is 7.61. The fourth-order valence-electron chi connectivity index (χ4n) is 2.25. The number of aliphatic imine (C=N–C) groups is 1. The van der Waals surface area contributed by atoms with Crippen molar-refractivity contribution in [1.29, 1.82) is 0 Å². The van der Waals surface area contributed by atoms with Crippen LogP contribution in [0.25, 0.3) is 0 Å². The molecule has 2 aromatic heterocycles. The van der Waals surface area contributed by atoms with Gasteiger partial charge in [-0.1, -0.05) is 0 Å². The predicted octanol–water partition coefficient (Wildman–Crippen LogP) is 2.53. The molecule has 6 nitrogen and oxygen atoms in total. The summed E-state index contributed by atoms with van der Waals surface area (Å²) in [5.74, 6) is 0.880. The van der Waals surface area contributed by atoms with Gasteiger partial charge in [-0.05, 0) is 32.3 Å². The first-order chi connectivity index (χ1) is 11.2. The molecule has 0 spiro atoms. The number of nitrogens with one attached hydrogen (secondary N) is 2. The number of hydrogen-bond acceptors (Lipinski definition) is 4. The standard InChI is InChI=1S/C16H26N6S.HI/c1-4-17-16(19-9-7-15-12-23-13(2)21-15)18-8-5-6-14-10-20-22(3)11-14;/h10-12H,4-9H2,1-3H3,(H2,17,18,19);1H. The van der Waals surface area contributed by atoms with Gasteiger partial charge in [-0.2, -0.15) is 5.10 Å². The summed E-state index contributed by atoms with van der Waals surface area (Å²) in [6.07, 6.45) is 6.93. The zero-order chi connectivity index (χ0) is 16.5. The smallest absolute Gasteiger partial charge is 0.191 e. The van der Waals surface area contributed by atoms with E-state index in [1.54, 1.807) is 11.3 Å². The van der Waals surface area contributed by atoms with Gasteiger partial charge >= 0.3 is 0 Å². The van der Waals surface area contributed by atoms with E-state index in [2.05, 4.69) is 44.2 Å². The molecule has 0 aliphatic rings. The number of hydrogen-bond donors (Lipinski definition) is 2. The van der Waals surface area contributed by atoms with Crippen LogP contribution in [0, 0.1) is 6.92 Å². The SMILES string of the molecule is CCNC(=NCCCc1cnn(C)c1)NCCc1csc(C)n1.I. The Kier molecular flexibility index (Phi) is 9.92. The average Bonchev–Trinajstić information content (AvgIpc) is 3.12. The molecule has 0 bridgehead atoms. The van der Waals surface area contributed by atoms with Gasteiger partial charge in [-0.15, -0.1) is 35.3 Å². The highest BCUT2D eigenvalue weighted by Crippen LogP contribution is 2.07. The first-order valence-corrected chi connectivity index (χ1v) is 8.96. The van der Waals surface area contributed by atoms with Crippen LogP contribution in [0.1, 0.15) is 29.6 Å².